The van der Waals surface area contributed by atoms with Gasteiger partial charge in [-0.3, -0.25) is 0 Å². The number of hydrogen-bond acceptors (Lipinski definition) is 4. The highest BCUT2D eigenvalue weighted by atomic mass is 32.2. The number of benzene rings is 1. The summed E-state index contributed by atoms with van der Waals surface area (Å²) >= 11 is 0. The number of hydrogen-bond donors (Lipinski definition) is 3. The van der Waals surface area contributed by atoms with Gasteiger partial charge in [0.05, 0.1) is 0 Å². The molecule has 2 rings (SSSR count). The highest BCUT2D eigenvalue weighted by molar-refractivity contribution is 7.89. The van der Waals surface area contributed by atoms with Gasteiger partial charge in [0, 0.05) is 13.2 Å². The minimum atomic E-state index is -4.10. The molecule has 8 heteroatoms. The fraction of sp³-hybridized carbons (Fsp3) is 0.500. The molecule has 0 bridgehead atoms. The van der Waals surface area contributed by atoms with Crippen molar-refractivity contribution in [2.75, 3.05) is 18.9 Å². The summed E-state index contributed by atoms with van der Waals surface area (Å²) in [6.45, 7) is 0.0895. The van der Waals surface area contributed by atoms with Crippen molar-refractivity contribution in [2.24, 2.45) is 5.41 Å². The largest absolute Gasteiger partial charge is 0.396 e. The van der Waals surface area contributed by atoms with Gasteiger partial charge in [0.1, 0.15) is 16.4 Å². The second-order valence-electron chi connectivity index (χ2n) is 5.07. The number of nitrogen functional groups attached to an aromatic ring is 1. The van der Waals surface area contributed by atoms with Gasteiger partial charge in [-0.1, -0.05) is 0 Å². The van der Waals surface area contributed by atoms with Crippen LogP contribution in [0.2, 0.25) is 0 Å². The van der Waals surface area contributed by atoms with E-state index in [1.54, 1.807) is 0 Å². The number of nitrogens with one attached hydrogen (secondary N) is 1. The predicted octanol–water partition coefficient (Wildman–Crippen LogP) is 0.988. The SMILES string of the molecule is Nc1c(F)ccc(S(=O)(=O)NCC2(CCO)CC2)c1F. The van der Waals surface area contributed by atoms with E-state index in [0.29, 0.717) is 6.42 Å². The van der Waals surface area contributed by atoms with Crippen LogP contribution >= 0.6 is 0 Å². The molecule has 20 heavy (non-hydrogen) atoms. The van der Waals surface area contributed by atoms with Crippen LogP contribution in [0.5, 0.6) is 0 Å². The van der Waals surface area contributed by atoms with Crippen LogP contribution in [0.15, 0.2) is 17.0 Å². The van der Waals surface area contributed by atoms with Gasteiger partial charge in [0.2, 0.25) is 10.0 Å². The van der Waals surface area contributed by atoms with Crippen LogP contribution in [0.4, 0.5) is 14.5 Å². The van der Waals surface area contributed by atoms with Crippen molar-refractivity contribution in [1.82, 2.24) is 4.72 Å². The van der Waals surface area contributed by atoms with Gasteiger partial charge >= 0.3 is 0 Å². The second-order valence-corrected chi connectivity index (χ2v) is 6.81. The van der Waals surface area contributed by atoms with E-state index in [4.69, 9.17) is 10.8 Å². The van der Waals surface area contributed by atoms with Gasteiger partial charge < -0.3 is 10.8 Å². The molecule has 1 saturated carbocycles. The maximum absolute atomic E-state index is 13.7. The number of nitrogens with two attached hydrogens (primary N) is 1. The quantitative estimate of drug-likeness (QED) is 0.683. The Morgan fingerprint density at radius 1 is 1.35 bits per heavy atom. The Morgan fingerprint density at radius 2 is 2.00 bits per heavy atom. The fourth-order valence-corrected chi connectivity index (χ4v) is 3.26. The number of sulfonamides is 1. The van der Waals surface area contributed by atoms with Crippen molar-refractivity contribution >= 4 is 15.7 Å². The van der Waals surface area contributed by atoms with Crippen molar-refractivity contribution in [1.29, 1.82) is 0 Å². The molecule has 1 aromatic rings. The molecule has 0 atom stereocenters. The predicted molar refractivity (Wildman–Crippen MR) is 69.3 cm³/mol. The average Bonchev–Trinajstić information content (AvgIpc) is 3.14. The first-order valence-corrected chi connectivity index (χ1v) is 7.64. The molecule has 5 nitrogen and oxygen atoms in total. The molecule has 1 aromatic carbocycles. The zero-order chi connectivity index (χ0) is 15.0. The average molecular weight is 306 g/mol. The smallest absolute Gasteiger partial charge is 0.243 e. The number of aliphatic hydroxyl groups excluding tert-OH is 1. The lowest BCUT2D eigenvalue weighted by Crippen LogP contribution is -2.31. The molecule has 0 radical (unpaired) electrons. The van der Waals surface area contributed by atoms with Crippen LogP contribution in [0.3, 0.4) is 0 Å². The Bertz CT molecular complexity index is 615. The second kappa shape index (κ2) is 5.27. The first kappa shape index (κ1) is 15.1. The molecule has 0 heterocycles. The molecule has 112 valence electrons. The van der Waals surface area contributed by atoms with Crippen LogP contribution in [-0.2, 0) is 10.0 Å². The molecule has 1 fully saturated rings. The van der Waals surface area contributed by atoms with Crippen LogP contribution in [0.25, 0.3) is 0 Å². The third-order valence-electron chi connectivity index (χ3n) is 3.62. The van der Waals surface area contributed by atoms with E-state index in [1.165, 1.54) is 0 Å². The summed E-state index contributed by atoms with van der Waals surface area (Å²) in [5.74, 6) is -2.29. The first-order valence-electron chi connectivity index (χ1n) is 6.15. The summed E-state index contributed by atoms with van der Waals surface area (Å²) in [6, 6.07) is 1.66. The normalized spacial score (nSPS) is 17.1. The standard InChI is InChI=1S/C12H16F2N2O3S/c13-8-1-2-9(10(14)11(8)15)20(18,19)16-7-12(3-4-12)5-6-17/h1-2,16-17H,3-7,15H2. The molecule has 0 spiro atoms. The lowest BCUT2D eigenvalue weighted by molar-refractivity contribution is 0.249. The van der Waals surface area contributed by atoms with Crippen molar-refractivity contribution in [3.05, 3.63) is 23.8 Å². The molecule has 1 aliphatic carbocycles. The third kappa shape index (κ3) is 2.92. The number of anilines is 1. The minimum Gasteiger partial charge on any atom is -0.396 e. The summed E-state index contributed by atoms with van der Waals surface area (Å²) in [7, 11) is -4.10. The third-order valence-corrected chi connectivity index (χ3v) is 5.04. The highest BCUT2D eigenvalue weighted by Crippen LogP contribution is 2.48. The Kier molecular flexibility index (Phi) is 3.99. The van der Waals surface area contributed by atoms with E-state index in [9.17, 15) is 17.2 Å². The van der Waals surface area contributed by atoms with Crippen molar-refractivity contribution in [3.63, 3.8) is 0 Å². The number of halogens is 2. The van der Waals surface area contributed by atoms with Crippen LogP contribution in [0.1, 0.15) is 19.3 Å². The van der Waals surface area contributed by atoms with E-state index in [1.807, 2.05) is 0 Å². The van der Waals surface area contributed by atoms with Crippen LogP contribution in [-0.4, -0.2) is 26.7 Å². The summed E-state index contributed by atoms with van der Waals surface area (Å²) in [4.78, 5) is -0.670. The zero-order valence-corrected chi connectivity index (χ0v) is 11.5. The van der Waals surface area contributed by atoms with Gasteiger partial charge in [-0.25, -0.2) is 21.9 Å². The highest BCUT2D eigenvalue weighted by Gasteiger charge is 2.42. The lowest BCUT2D eigenvalue weighted by atomic mass is 10.0. The lowest BCUT2D eigenvalue weighted by Gasteiger charge is -2.15. The van der Waals surface area contributed by atoms with Crippen molar-refractivity contribution in [2.45, 2.75) is 24.2 Å². The van der Waals surface area contributed by atoms with E-state index < -0.39 is 32.2 Å². The Hall–Kier alpha value is -1.25. The first-order chi connectivity index (χ1) is 9.31. The molecule has 0 aromatic heterocycles. The Balaban J connectivity index is 2.17. The Morgan fingerprint density at radius 3 is 2.55 bits per heavy atom. The number of aliphatic hydroxyl groups is 1. The molecule has 0 aliphatic heterocycles. The van der Waals surface area contributed by atoms with E-state index in [2.05, 4.69) is 4.72 Å². The molecule has 0 amide bonds. The number of rotatable bonds is 6. The maximum atomic E-state index is 13.7. The molecule has 0 unspecified atom stereocenters. The van der Waals surface area contributed by atoms with Crippen molar-refractivity contribution < 1.29 is 22.3 Å². The van der Waals surface area contributed by atoms with Crippen LogP contribution in [0, 0.1) is 17.0 Å². The molecular weight excluding hydrogens is 290 g/mol. The summed E-state index contributed by atoms with van der Waals surface area (Å²) in [5, 5.41) is 8.90. The van der Waals surface area contributed by atoms with Gasteiger partial charge in [-0.2, -0.15) is 0 Å². The summed E-state index contributed by atoms with van der Waals surface area (Å²) in [5.41, 5.74) is 4.08. The maximum Gasteiger partial charge on any atom is 0.243 e. The fourth-order valence-electron chi connectivity index (χ4n) is 2.01. The van der Waals surface area contributed by atoms with Gasteiger partial charge in [0.15, 0.2) is 5.82 Å². The monoisotopic (exact) mass is 306 g/mol. The summed E-state index contributed by atoms with van der Waals surface area (Å²) < 4.78 is 53.0. The Labute approximate surface area is 115 Å². The van der Waals surface area contributed by atoms with E-state index >= 15 is 0 Å². The topological polar surface area (TPSA) is 92.4 Å². The summed E-state index contributed by atoms with van der Waals surface area (Å²) in [6.07, 6.45) is 2.11. The van der Waals surface area contributed by atoms with Gasteiger partial charge in [-0.15, -0.1) is 0 Å². The van der Waals surface area contributed by atoms with Gasteiger partial charge in [-0.05, 0) is 36.8 Å². The minimum absolute atomic E-state index is 0.0282. The van der Waals surface area contributed by atoms with Crippen LogP contribution < -0.4 is 10.5 Å². The zero-order valence-electron chi connectivity index (χ0n) is 10.7. The van der Waals surface area contributed by atoms with E-state index in [-0.39, 0.29) is 18.6 Å². The van der Waals surface area contributed by atoms with Gasteiger partial charge in [0.25, 0.3) is 0 Å². The molecular formula is C12H16F2N2O3S. The molecule has 1 aliphatic rings. The molecule has 0 saturated heterocycles. The molecule has 4 N–H and O–H groups in total. The van der Waals surface area contributed by atoms with E-state index in [0.717, 1.165) is 25.0 Å². The van der Waals surface area contributed by atoms with Crippen molar-refractivity contribution in [3.8, 4) is 0 Å².